The molecule has 8 heteroatoms. The van der Waals surface area contributed by atoms with Gasteiger partial charge in [-0.1, -0.05) is 44.5 Å². The molecule has 4 aliphatic carbocycles. The van der Waals surface area contributed by atoms with Crippen LogP contribution >= 0.6 is 0 Å². The predicted molar refractivity (Wildman–Crippen MR) is 146 cm³/mol. The second kappa shape index (κ2) is 10.8. The molecule has 4 aliphatic rings. The fourth-order valence-corrected chi connectivity index (χ4v) is 10.2. The molecule has 0 amide bonds. The minimum atomic E-state index is -0.812. The average Bonchev–Trinajstić information content (AvgIpc) is 3.12. The first-order valence-corrected chi connectivity index (χ1v) is 14.7. The average molecular weight is 532 g/mol. The first-order chi connectivity index (χ1) is 17.8. The summed E-state index contributed by atoms with van der Waals surface area (Å²) in [6, 6.07) is 0. The Hall–Kier alpha value is -1.60. The second-order valence-electron chi connectivity index (χ2n) is 13.9. The topological polar surface area (TPSA) is 136 Å². The van der Waals surface area contributed by atoms with Gasteiger partial charge in [-0.2, -0.15) is 0 Å². The molecule has 214 valence electrons. The quantitative estimate of drug-likeness (QED) is 0.116. The van der Waals surface area contributed by atoms with Crippen LogP contribution in [0.4, 0.5) is 0 Å². The van der Waals surface area contributed by atoms with Crippen LogP contribution in [0.25, 0.3) is 10.4 Å². The molecule has 4 fully saturated rings. The highest BCUT2D eigenvalue weighted by Gasteiger charge is 2.71. The van der Waals surface area contributed by atoms with E-state index in [4.69, 9.17) is 10.3 Å². The van der Waals surface area contributed by atoms with E-state index in [9.17, 15) is 20.1 Å². The smallest absolute Gasteiger partial charge is 0.307 e. The largest absolute Gasteiger partial charge is 0.481 e. The lowest BCUT2D eigenvalue weighted by molar-refractivity contribution is -0.240. The minimum absolute atomic E-state index is 0.0154. The Morgan fingerprint density at radius 2 is 1.84 bits per heavy atom. The first kappa shape index (κ1) is 29.4. The zero-order valence-electron chi connectivity index (χ0n) is 24.1. The molecule has 8 nitrogen and oxygen atoms in total. The highest BCUT2D eigenvalue weighted by molar-refractivity contribution is 5.71. The number of allylic oxidation sites excluding steroid dienone is 2. The van der Waals surface area contributed by atoms with Crippen molar-refractivity contribution in [2.75, 3.05) is 13.2 Å². The van der Waals surface area contributed by atoms with E-state index in [-0.39, 0.29) is 65.3 Å². The molecule has 0 spiro atoms. The number of hydrogen-bond acceptors (Lipinski definition) is 5. The molecule has 0 aromatic rings. The van der Waals surface area contributed by atoms with Gasteiger partial charge in [-0.05, 0) is 104 Å². The lowest BCUT2D eigenvalue weighted by Gasteiger charge is -2.69. The number of hydrogen-bond donors (Lipinski definition) is 3. The third kappa shape index (κ3) is 4.59. The molecule has 0 aromatic heterocycles. The summed E-state index contributed by atoms with van der Waals surface area (Å²) in [6.45, 7) is 13.7. The van der Waals surface area contributed by atoms with Gasteiger partial charge in [0, 0.05) is 17.4 Å². The summed E-state index contributed by atoms with van der Waals surface area (Å²) in [5.41, 5.74) is 9.37. The van der Waals surface area contributed by atoms with Gasteiger partial charge in [0.2, 0.25) is 0 Å². The van der Waals surface area contributed by atoms with E-state index in [2.05, 4.69) is 37.7 Å². The summed E-state index contributed by atoms with van der Waals surface area (Å²) in [7, 11) is 0. The molecule has 4 rings (SSSR count). The Morgan fingerprint density at radius 3 is 2.47 bits per heavy atom. The van der Waals surface area contributed by atoms with Crippen molar-refractivity contribution in [2.45, 2.75) is 105 Å². The number of aliphatic hydroxyl groups is 2. The third-order valence-electron chi connectivity index (χ3n) is 12.1. The maximum Gasteiger partial charge on any atom is 0.307 e. The molecule has 38 heavy (non-hydrogen) atoms. The molecule has 3 N–H and O–H groups in total. The zero-order chi connectivity index (χ0) is 28.0. The van der Waals surface area contributed by atoms with Crippen LogP contribution in [0.1, 0.15) is 86.5 Å². The molecule has 4 unspecified atom stereocenters. The van der Waals surface area contributed by atoms with Gasteiger partial charge >= 0.3 is 5.97 Å². The van der Waals surface area contributed by atoms with E-state index < -0.39 is 18.0 Å². The van der Waals surface area contributed by atoms with Crippen LogP contribution in [-0.4, -0.2) is 52.8 Å². The molecule has 0 aromatic carbocycles. The number of nitrogens with zero attached hydrogens (tertiary/aromatic N) is 3. The second-order valence-corrected chi connectivity index (χ2v) is 13.9. The lowest BCUT2D eigenvalue weighted by Crippen LogP contribution is -2.66. The van der Waals surface area contributed by atoms with Crippen LogP contribution in [-0.2, 0) is 9.53 Å². The zero-order valence-corrected chi connectivity index (χ0v) is 24.1. The molecule has 0 bridgehead atoms. The van der Waals surface area contributed by atoms with E-state index in [0.29, 0.717) is 18.8 Å². The first-order valence-electron chi connectivity index (χ1n) is 14.7. The Bertz CT molecular complexity index is 977. The summed E-state index contributed by atoms with van der Waals surface area (Å²) >= 11 is 0. The van der Waals surface area contributed by atoms with Gasteiger partial charge in [0.1, 0.15) is 0 Å². The highest BCUT2D eigenvalue weighted by Crippen LogP contribution is 2.74. The molecular formula is C30H49N3O5. The summed E-state index contributed by atoms with van der Waals surface area (Å²) in [5, 5.41) is 36.7. The Kier molecular flexibility index (Phi) is 8.32. The summed E-state index contributed by atoms with van der Waals surface area (Å²) in [4.78, 5) is 15.6. The fraction of sp³-hybridized carbons (Fsp3) is 0.900. The van der Waals surface area contributed by atoms with Gasteiger partial charge in [-0.15, -0.1) is 0 Å². The molecular weight excluding hydrogens is 482 g/mol. The summed E-state index contributed by atoms with van der Waals surface area (Å²) in [5.74, 6) is -0.959. The van der Waals surface area contributed by atoms with E-state index >= 15 is 0 Å². The van der Waals surface area contributed by atoms with E-state index in [1.807, 2.05) is 19.9 Å². The standard InChI is InChI=1S/C30H49N3O5/c1-17(2)7-8-19(27(36)37)25-21-15-23(35)26-28(4)11-10-22(34)18(3)20(28)9-12-29(26,5)30(21,6)16-24(25)38-14-13-32-33-31/h7,18-26,34-35H,8-16H2,1-6H3,(H,36,37)/t18-,19+,20?,21?,22+,23?,24-,25+,26?,28-,29-,30-/m0/s1. The van der Waals surface area contributed by atoms with Gasteiger partial charge in [0.05, 0.1) is 30.8 Å². The van der Waals surface area contributed by atoms with Gasteiger partial charge in [0.15, 0.2) is 0 Å². The number of rotatable bonds is 8. The van der Waals surface area contributed by atoms with Crippen molar-refractivity contribution >= 4 is 5.97 Å². The number of aliphatic hydroxyl groups excluding tert-OH is 2. The Balaban J connectivity index is 1.75. The highest BCUT2D eigenvalue weighted by atomic mass is 16.5. The fourth-order valence-electron chi connectivity index (χ4n) is 10.2. The van der Waals surface area contributed by atoms with Gasteiger partial charge in [0.25, 0.3) is 0 Å². The number of azide groups is 1. The van der Waals surface area contributed by atoms with Gasteiger partial charge < -0.3 is 20.1 Å². The SMILES string of the molecule is CC(C)=CC[C@@H](C(=O)O)[C@@H]1C2CC(O)C3[C@@]4(C)CC[C@@H](O)[C@@H](C)C4CC[C@]3(C)[C@@]2(C)C[C@@H]1OCCN=[N+]=[N-]. The molecule has 12 atom stereocenters. The Morgan fingerprint density at radius 1 is 1.13 bits per heavy atom. The Labute approximate surface area is 227 Å². The van der Waals surface area contributed by atoms with Crippen LogP contribution in [0.3, 0.4) is 0 Å². The van der Waals surface area contributed by atoms with Crippen LogP contribution in [0, 0.1) is 51.8 Å². The normalized spacial score (nSPS) is 46.6. The van der Waals surface area contributed by atoms with Crippen LogP contribution in [0.15, 0.2) is 16.8 Å². The van der Waals surface area contributed by atoms with Crippen molar-refractivity contribution in [1.82, 2.24) is 0 Å². The molecule has 0 saturated heterocycles. The maximum absolute atomic E-state index is 12.7. The number of carbonyl (C=O) groups is 1. The third-order valence-corrected chi connectivity index (χ3v) is 12.1. The minimum Gasteiger partial charge on any atom is -0.481 e. The van der Waals surface area contributed by atoms with E-state index in [0.717, 1.165) is 37.7 Å². The van der Waals surface area contributed by atoms with Crippen molar-refractivity contribution in [3.8, 4) is 0 Å². The van der Waals surface area contributed by atoms with Crippen molar-refractivity contribution < 1.29 is 24.9 Å². The van der Waals surface area contributed by atoms with Crippen LogP contribution in [0.2, 0.25) is 0 Å². The van der Waals surface area contributed by atoms with E-state index in [1.54, 1.807) is 0 Å². The summed E-state index contributed by atoms with van der Waals surface area (Å²) < 4.78 is 6.37. The number of ether oxygens (including phenoxy) is 1. The van der Waals surface area contributed by atoms with Crippen LogP contribution < -0.4 is 0 Å². The number of carboxylic acids is 1. The molecule has 0 radical (unpaired) electrons. The lowest BCUT2D eigenvalue weighted by atomic mass is 9.36. The molecule has 4 saturated carbocycles. The number of carboxylic acid groups (broad SMARTS) is 1. The van der Waals surface area contributed by atoms with E-state index in [1.165, 1.54) is 0 Å². The molecule has 0 aliphatic heterocycles. The predicted octanol–water partition coefficient (Wildman–Crippen LogP) is 5.98. The van der Waals surface area contributed by atoms with Gasteiger partial charge in [-0.3, -0.25) is 4.79 Å². The summed E-state index contributed by atoms with van der Waals surface area (Å²) in [6.07, 6.45) is 6.37. The number of fused-ring (bicyclic) bond motifs is 5. The van der Waals surface area contributed by atoms with Gasteiger partial charge in [-0.25, -0.2) is 0 Å². The van der Waals surface area contributed by atoms with Crippen molar-refractivity contribution in [2.24, 2.45) is 56.9 Å². The maximum atomic E-state index is 12.7. The van der Waals surface area contributed by atoms with Crippen molar-refractivity contribution in [1.29, 1.82) is 0 Å². The van der Waals surface area contributed by atoms with Crippen molar-refractivity contribution in [3.05, 3.63) is 22.1 Å². The monoisotopic (exact) mass is 531 g/mol. The molecule has 0 heterocycles. The number of aliphatic carboxylic acids is 1. The van der Waals surface area contributed by atoms with Crippen molar-refractivity contribution in [3.63, 3.8) is 0 Å². The van der Waals surface area contributed by atoms with Crippen LogP contribution in [0.5, 0.6) is 0 Å².